The van der Waals surface area contributed by atoms with Gasteiger partial charge in [-0.05, 0) is 0 Å². The fourth-order valence-corrected chi connectivity index (χ4v) is 0.340. The number of rotatable bonds is 0. The van der Waals surface area contributed by atoms with Crippen molar-refractivity contribution in [1.29, 1.82) is 0 Å². The Labute approximate surface area is 96.7 Å². The predicted molar refractivity (Wildman–Crippen MR) is 49.7 cm³/mol. The van der Waals surface area contributed by atoms with E-state index in [1.807, 2.05) is 12.2 Å². The summed E-state index contributed by atoms with van der Waals surface area (Å²) in [6.07, 6.45) is 10.0. The molecule has 0 aromatic rings. The van der Waals surface area contributed by atoms with Gasteiger partial charge in [0, 0.05) is 0 Å². The molecule has 0 bridgehead atoms. The molecule has 1 aliphatic carbocycles. The van der Waals surface area contributed by atoms with E-state index in [4.69, 9.17) is 0 Å². The molecule has 1 rings (SSSR count). The van der Waals surface area contributed by atoms with E-state index >= 15 is 0 Å². The van der Waals surface area contributed by atoms with Crippen LogP contribution >= 0.6 is 37.2 Å². The van der Waals surface area contributed by atoms with E-state index in [1.165, 1.54) is 0 Å². The molecule has 60 valence electrons. The van der Waals surface area contributed by atoms with E-state index in [1.54, 1.807) is 0 Å². The van der Waals surface area contributed by atoms with Gasteiger partial charge in [-0.25, -0.2) is 12.2 Å². The fourth-order valence-electron chi connectivity index (χ4n) is 0.340. The Kier molecular flexibility index (Phi) is 68.5. The third kappa shape index (κ3) is 16.0. The van der Waals surface area contributed by atoms with E-state index in [9.17, 15) is 0 Å². The number of allylic oxidation sites excluding steroid dienone is 4. The van der Waals surface area contributed by atoms with Gasteiger partial charge in [-0.3, -0.25) is 6.08 Å². The van der Waals surface area contributed by atoms with Crippen molar-refractivity contribution in [3.8, 4) is 0 Å². The smallest absolute Gasteiger partial charge is 0.358 e. The Morgan fingerprint density at radius 2 is 1.60 bits per heavy atom. The van der Waals surface area contributed by atoms with Crippen LogP contribution in [0.25, 0.3) is 0 Å². The molecule has 4 heteroatoms. The zero-order valence-corrected chi connectivity index (χ0v) is 9.67. The normalized spacial score (nSPS) is 8.80. The van der Waals surface area contributed by atoms with Gasteiger partial charge in [0.2, 0.25) is 0 Å². The predicted octanol–water partition coefficient (Wildman–Crippen LogP) is 3.02. The van der Waals surface area contributed by atoms with Crippen molar-refractivity contribution in [2.75, 3.05) is 0 Å². The Morgan fingerprint density at radius 3 is 1.70 bits per heavy atom. The molecule has 0 spiro atoms. The maximum atomic E-state index is 2.99. The van der Waals surface area contributed by atoms with Gasteiger partial charge in [0.15, 0.2) is 0 Å². The topological polar surface area (TPSA) is 0 Å². The molecule has 0 fully saturated rings. The van der Waals surface area contributed by atoms with Gasteiger partial charge in [0.1, 0.15) is 0 Å². The second-order valence-electron chi connectivity index (χ2n) is 1.00. The summed E-state index contributed by atoms with van der Waals surface area (Å²) in [6.45, 7) is 0. The largest absolute Gasteiger partial charge is 2.00 e. The van der Waals surface area contributed by atoms with Crippen LogP contribution in [0.15, 0.2) is 18.2 Å². The van der Waals surface area contributed by atoms with Crippen molar-refractivity contribution in [2.24, 2.45) is 0 Å². The third-order valence-electron chi connectivity index (χ3n) is 0.586. The second kappa shape index (κ2) is 22.5. The van der Waals surface area contributed by atoms with Crippen LogP contribution in [0.3, 0.4) is 0 Å². The molecule has 10 heavy (non-hydrogen) atoms. The zero-order chi connectivity index (χ0) is 3.54. The van der Waals surface area contributed by atoms with Crippen molar-refractivity contribution >= 4 is 37.2 Å². The Morgan fingerprint density at radius 1 is 1.10 bits per heavy atom. The minimum Gasteiger partial charge on any atom is -0.358 e. The standard InChI is InChI=1S/C5H5.CH3.3ClH.Ti/c1-2-4-5-3-1;;;;;/h1-3H,4H2;1H3;3*1H;/q2*-1;;;;+2. The molecule has 1 aliphatic rings. The molecule has 0 heterocycles. The van der Waals surface area contributed by atoms with Gasteiger partial charge < -0.3 is 7.43 Å². The minimum atomic E-state index is 0. The molecular formula is C6H11Cl3Ti. The van der Waals surface area contributed by atoms with E-state index in [-0.39, 0.29) is 66.4 Å². The first-order valence-corrected chi connectivity index (χ1v) is 1.72. The number of hydrogen-bond acceptors (Lipinski definition) is 0. The SMILES string of the molecule is Cl.Cl.Cl.[C-]1=CC=CC1.[CH3-].[Ti+2]. The van der Waals surface area contributed by atoms with Crippen LogP contribution in [0.2, 0.25) is 0 Å². The Bertz CT molecular complexity index is 71.1. The van der Waals surface area contributed by atoms with Crippen LogP contribution in [-0.4, -0.2) is 0 Å². The molecular weight excluding hydrogens is 226 g/mol. The van der Waals surface area contributed by atoms with Crippen molar-refractivity contribution in [2.45, 2.75) is 6.42 Å². The monoisotopic (exact) mass is 236 g/mol. The maximum absolute atomic E-state index is 2.99. The first kappa shape index (κ1) is 30.5. The van der Waals surface area contributed by atoms with Gasteiger partial charge in [0.25, 0.3) is 0 Å². The first-order valence-electron chi connectivity index (χ1n) is 1.72. The molecule has 0 atom stereocenters. The average molecular weight is 237 g/mol. The molecule has 0 aromatic carbocycles. The van der Waals surface area contributed by atoms with Gasteiger partial charge in [-0.1, -0.05) is 0 Å². The summed E-state index contributed by atoms with van der Waals surface area (Å²) in [6, 6.07) is 0. The maximum Gasteiger partial charge on any atom is 2.00 e. The molecule has 0 saturated carbocycles. The van der Waals surface area contributed by atoms with Gasteiger partial charge in [0.05, 0.1) is 0 Å². The summed E-state index contributed by atoms with van der Waals surface area (Å²) in [5, 5.41) is 0. The van der Waals surface area contributed by atoms with Gasteiger partial charge in [-0.15, -0.1) is 43.6 Å². The van der Waals surface area contributed by atoms with Gasteiger partial charge in [-0.2, -0.15) is 6.08 Å². The quantitative estimate of drug-likeness (QED) is 0.449. The molecule has 0 saturated heterocycles. The second-order valence-corrected chi connectivity index (χ2v) is 1.00. The zero-order valence-electron chi connectivity index (χ0n) is 5.66. The average Bonchev–Trinajstić information content (AvgIpc) is 1.76. The van der Waals surface area contributed by atoms with E-state index in [2.05, 4.69) is 12.2 Å². The summed E-state index contributed by atoms with van der Waals surface area (Å²) >= 11 is 0. The summed E-state index contributed by atoms with van der Waals surface area (Å²) in [5.74, 6) is 0. The molecule has 0 nitrogen and oxygen atoms in total. The van der Waals surface area contributed by atoms with Crippen molar-refractivity contribution < 1.29 is 21.7 Å². The summed E-state index contributed by atoms with van der Waals surface area (Å²) in [7, 11) is 0. The Hall–Kier alpha value is 1.06. The van der Waals surface area contributed by atoms with Crippen molar-refractivity contribution in [3.63, 3.8) is 0 Å². The molecule has 0 N–H and O–H groups in total. The van der Waals surface area contributed by atoms with Crippen LogP contribution in [0, 0.1) is 13.5 Å². The first-order chi connectivity index (χ1) is 2.50. The van der Waals surface area contributed by atoms with Crippen LogP contribution in [-0.2, 0) is 21.7 Å². The molecule has 0 amide bonds. The minimum absolute atomic E-state index is 0. The summed E-state index contributed by atoms with van der Waals surface area (Å²) in [5.41, 5.74) is 0. The number of hydrogen-bond donors (Lipinski definition) is 0. The summed E-state index contributed by atoms with van der Waals surface area (Å²) < 4.78 is 0. The van der Waals surface area contributed by atoms with Crippen molar-refractivity contribution in [3.05, 3.63) is 31.7 Å². The summed E-state index contributed by atoms with van der Waals surface area (Å²) in [4.78, 5) is 0. The molecule has 0 radical (unpaired) electrons. The molecule has 0 aliphatic heterocycles. The van der Waals surface area contributed by atoms with Crippen LogP contribution in [0.4, 0.5) is 0 Å². The number of halogens is 3. The Balaban J connectivity index is -0.0000000167. The molecule has 0 aromatic heterocycles. The van der Waals surface area contributed by atoms with Gasteiger partial charge >= 0.3 is 21.7 Å². The van der Waals surface area contributed by atoms with E-state index in [0.717, 1.165) is 6.42 Å². The fraction of sp³-hybridized carbons (Fsp3) is 0.167. The molecule has 0 unspecified atom stereocenters. The van der Waals surface area contributed by atoms with Crippen LogP contribution in [0.1, 0.15) is 6.42 Å². The van der Waals surface area contributed by atoms with Crippen molar-refractivity contribution in [1.82, 2.24) is 0 Å². The van der Waals surface area contributed by atoms with Crippen LogP contribution < -0.4 is 0 Å². The third-order valence-corrected chi connectivity index (χ3v) is 0.586. The van der Waals surface area contributed by atoms with E-state index < -0.39 is 0 Å². The van der Waals surface area contributed by atoms with E-state index in [0.29, 0.717) is 0 Å². The van der Waals surface area contributed by atoms with Crippen LogP contribution in [0.5, 0.6) is 0 Å².